The van der Waals surface area contributed by atoms with Gasteiger partial charge >= 0.3 is 0 Å². The van der Waals surface area contributed by atoms with Gasteiger partial charge in [-0.2, -0.15) is 0 Å². The Hall–Kier alpha value is -0.770. The molecule has 0 aliphatic carbocycles. The van der Waals surface area contributed by atoms with Gasteiger partial charge in [0.1, 0.15) is 10.0 Å². The second-order valence-electron chi connectivity index (χ2n) is 2.68. The Morgan fingerprint density at radius 2 is 1.79 bits per heavy atom. The number of thiazole rings is 1. The number of benzene rings is 1. The van der Waals surface area contributed by atoms with Gasteiger partial charge in [0.2, 0.25) is 0 Å². The molecule has 5 heteroatoms. The maximum absolute atomic E-state index is 5.96. The Bertz CT molecular complexity index is 450. The molecule has 2 rings (SSSR count). The number of nitrogens with zero attached hydrogens (tertiary/aromatic N) is 1. The van der Waals surface area contributed by atoms with Gasteiger partial charge < -0.3 is 5.73 Å². The van der Waals surface area contributed by atoms with Crippen LogP contribution in [0.3, 0.4) is 0 Å². The smallest absolute Gasteiger partial charge is 0.182 e. The highest BCUT2D eigenvalue weighted by Crippen LogP contribution is 2.33. The lowest BCUT2D eigenvalue weighted by Gasteiger charge is -1.96. The molecule has 0 bridgehead atoms. The van der Waals surface area contributed by atoms with Crippen molar-refractivity contribution in [2.24, 2.45) is 0 Å². The van der Waals surface area contributed by atoms with Crippen molar-refractivity contribution in [2.75, 3.05) is 5.73 Å². The van der Waals surface area contributed by atoms with E-state index in [0.29, 0.717) is 20.2 Å². The van der Waals surface area contributed by atoms with Gasteiger partial charge in [-0.25, -0.2) is 4.98 Å². The van der Waals surface area contributed by atoms with Crippen LogP contribution in [0, 0.1) is 0 Å². The highest BCUT2D eigenvalue weighted by atomic mass is 35.5. The summed E-state index contributed by atoms with van der Waals surface area (Å²) in [5.41, 5.74) is 7.18. The number of rotatable bonds is 1. The fourth-order valence-electron chi connectivity index (χ4n) is 1.10. The molecule has 0 aliphatic rings. The van der Waals surface area contributed by atoms with E-state index in [2.05, 4.69) is 4.98 Å². The fraction of sp³-hybridized carbons (Fsp3) is 0. The van der Waals surface area contributed by atoms with E-state index < -0.39 is 0 Å². The van der Waals surface area contributed by atoms with Crippen molar-refractivity contribution in [1.82, 2.24) is 4.98 Å². The van der Waals surface area contributed by atoms with E-state index in [1.54, 1.807) is 12.1 Å². The molecule has 2 N–H and O–H groups in total. The zero-order chi connectivity index (χ0) is 10.1. The van der Waals surface area contributed by atoms with E-state index in [0.717, 1.165) is 5.56 Å². The first kappa shape index (κ1) is 9.77. The lowest BCUT2D eigenvalue weighted by atomic mass is 10.2. The first-order chi connectivity index (χ1) is 6.66. The maximum Gasteiger partial charge on any atom is 0.182 e. The molecule has 1 aromatic heterocycles. The van der Waals surface area contributed by atoms with Crippen LogP contribution in [-0.2, 0) is 0 Å². The second-order valence-corrected chi connectivity index (χ2v) is 4.75. The molecule has 0 amide bonds. The third-order valence-corrected chi connectivity index (χ3v) is 3.06. The number of hydrogen-bond acceptors (Lipinski definition) is 3. The summed E-state index contributed by atoms with van der Waals surface area (Å²) in [6, 6.07) is 7.32. The molecule has 0 fully saturated rings. The van der Waals surface area contributed by atoms with Crippen LogP contribution in [0.1, 0.15) is 0 Å². The van der Waals surface area contributed by atoms with Crippen LogP contribution in [0.4, 0.5) is 5.13 Å². The summed E-state index contributed by atoms with van der Waals surface area (Å²) in [4.78, 5) is 4.13. The van der Waals surface area contributed by atoms with Crippen molar-refractivity contribution in [1.29, 1.82) is 0 Å². The van der Waals surface area contributed by atoms with Crippen molar-refractivity contribution in [3.8, 4) is 11.3 Å². The van der Waals surface area contributed by atoms with E-state index in [-0.39, 0.29) is 0 Å². The monoisotopic (exact) mass is 244 g/mol. The summed E-state index contributed by atoms with van der Waals surface area (Å²) in [7, 11) is 0. The molecular formula is C9H6Cl2N2S. The normalized spacial score (nSPS) is 10.4. The average Bonchev–Trinajstić information content (AvgIpc) is 2.47. The first-order valence-electron chi connectivity index (χ1n) is 3.84. The third-order valence-electron chi connectivity index (χ3n) is 1.72. The van der Waals surface area contributed by atoms with Crippen LogP contribution < -0.4 is 5.73 Å². The molecule has 72 valence electrons. The van der Waals surface area contributed by atoms with Gasteiger partial charge in [-0.15, -0.1) is 0 Å². The van der Waals surface area contributed by atoms with E-state index >= 15 is 0 Å². The van der Waals surface area contributed by atoms with Gasteiger partial charge in [0.15, 0.2) is 5.13 Å². The van der Waals surface area contributed by atoms with Gasteiger partial charge in [0, 0.05) is 10.6 Å². The number of anilines is 1. The van der Waals surface area contributed by atoms with Crippen LogP contribution >= 0.6 is 34.5 Å². The largest absolute Gasteiger partial charge is 0.375 e. The Kier molecular flexibility index (Phi) is 2.63. The van der Waals surface area contributed by atoms with Crippen LogP contribution in [0.15, 0.2) is 24.3 Å². The van der Waals surface area contributed by atoms with E-state index in [1.807, 2.05) is 12.1 Å². The van der Waals surface area contributed by atoms with E-state index in [9.17, 15) is 0 Å². The van der Waals surface area contributed by atoms with Crippen molar-refractivity contribution >= 4 is 39.7 Å². The third kappa shape index (κ3) is 1.85. The summed E-state index contributed by atoms with van der Waals surface area (Å²) in [5.74, 6) is 0. The lowest BCUT2D eigenvalue weighted by molar-refractivity contribution is 1.41. The lowest BCUT2D eigenvalue weighted by Crippen LogP contribution is -1.82. The Morgan fingerprint density at radius 1 is 1.14 bits per heavy atom. The predicted molar refractivity (Wildman–Crippen MR) is 62.0 cm³/mol. The Balaban J connectivity index is 2.49. The van der Waals surface area contributed by atoms with Crippen LogP contribution in [-0.4, -0.2) is 4.98 Å². The fourth-order valence-corrected chi connectivity index (χ4v) is 2.20. The van der Waals surface area contributed by atoms with Crippen LogP contribution in [0.5, 0.6) is 0 Å². The average molecular weight is 245 g/mol. The SMILES string of the molecule is Nc1nc(-c2ccc(Cl)cc2)c(Cl)s1. The summed E-state index contributed by atoms with van der Waals surface area (Å²) >= 11 is 13.0. The standard InChI is InChI=1S/C9H6Cl2N2S/c10-6-3-1-5(2-4-6)7-8(11)14-9(12)13-7/h1-4H,(H2,12,13). The number of nitrogen functional groups attached to an aromatic ring is 1. The number of hydrogen-bond donors (Lipinski definition) is 1. The highest BCUT2D eigenvalue weighted by molar-refractivity contribution is 7.19. The molecule has 14 heavy (non-hydrogen) atoms. The highest BCUT2D eigenvalue weighted by Gasteiger charge is 2.08. The van der Waals surface area contributed by atoms with Crippen molar-refractivity contribution in [3.63, 3.8) is 0 Å². The minimum absolute atomic E-state index is 0.472. The second kappa shape index (κ2) is 3.77. The molecule has 0 atom stereocenters. The molecule has 2 aromatic rings. The first-order valence-corrected chi connectivity index (χ1v) is 5.42. The van der Waals surface area contributed by atoms with E-state index in [1.165, 1.54) is 11.3 Å². The molecule has 2 nitrogen and oxygen atoms in total. The predicted octanol–water partition coefficient (Wildman–Crippen LogP) is 3.70. The van der Waals surface area contributed by atoms with Gasteiger partial charge in [0.05, 0.1) is 0 Å². The van der Waals surface area contributed by atoms with Gasteiger partial charge in [-0.05, 0) is 12.1 Å². The summed E-state index contributed by atoms with van der Waals surface area (Å²) < 4.78 is 0.602. The minimum atomic E-state index is 0.472. The molecule has 1 aromatic carbocycles. The molecule has 0 radical (unpaired) electrons. The molecule has 0 aliphatic heterocycles. The van der Waals surface area contributed by atoms with Crippen LogP contribution in [0.25, 0.3) is 11.3 Å². The number of nitrogens with two attached hydrogens (primary N) is 1. The number of aromatic nitrogens is 1. The van der Waals surface area contributed by atoms with Gasteiger partial charge in [-0.1, -0.05) is 46.7 Å². The van der Waals surface area contributed by atoms with Gasteiger partial charge in [-0.3, -0.25) is 0 Å². The maximum atomic E-state index is 5.96. The topological polar surface area (TPSA) is 38.9 Å². The summed E-state index contributed by atoms with van der Waals surface area (Å²) in [6.07, 6.45) is 0. The molecule has 1 heterocycles. The van der Waals surface area contributed by atoms with Gasteiger partial charge in [0.25, 0.3) is 0 Å². The van der Waals surface area contributed by atoms with Crippen molar-refractivity contribution in [3.05, 3.63) is 33.6 Å². The van der Waals surface area contributed by atoms with Crippen molar-refractivity contribution < 1.29 is 0 Å². The molecule has 0 spiro atoms. The molecular weight excluding hydrogens is 239 g/mol. The zero-order valence-corrected chi connectivity index (χ0v) is 9.33. The molecule has 0 unspecified atom stereocenters. The molecule has 0 saturated heterocycles. The quantitative estimate of drug-likeness (QED) is 0.831. The summed E-state index contributed by atoms with van der Waals surface area (Å²) in [6.45, 7) is 0. The summed E-state index contributed by atoms with van der Waals surface area (Å²) in [5, 5.41) is 1.16. The van der Waals surface area contributed by atoms with E-state index in [4.69, 9.17) is 28.9 Å². The Morgan fingerprint density at radius 3 is 2.29 bits per heavy atom. The van der Waals surface area contributed by atoms with Crippen molar-refractivity contribution in [2.45, 2.75) is 0 Å². The van der Waals surface area contributed by atoms with Crippen LogP contribution in [0.2, 0.25) is 9.36 Å². The zero-order valence-electron chi connectivity index (χ0n) is 7.00. The number of halogens is 2. The minimum Gasteiger partial charge on any atom is -0.375 e. The Labute approximate surface area is 95.3 Å². The molecule has 0 saturated carbocycles.